The van der Waals surface area contributed by atoms with Crippen LogP contribution in [0.3, 0.4) is 0 Å². The van der Waals surface area contributed by atoms with Gasteiger partial charge in [-0.05, 0) is 30.7 Å². The van der Waals surface area contributed by atoms with E-state index in [1.807, 2.05) is 25.1 Å². The second-order valence-corrected chi connectivity index (χ2v) is 5.09. The molecule has 0 radical (unpaired) electrons. The van der Waals surface area contributed by atoms with Gasteiger partial charge in [-0.15, -0.1) is 0 Å². The van der Waals surface area contributed by atoms with Gasteiger partial charge in [0.05, 0.1) is 11.1 Å². The predicted octanol–water partition coefficient (Wildman–Crippen LogP) is 4.01. The molecule has 21 heavy (non-hydrogen) atoms. The Labute approximate surface area is 127 Å². The van der Waals surface area contributed by atoms with Gasteiger partial charge >= 0.3 is 0 Å². The molecule has 2 aromatic rings. The van der Waals surface area contributed by atoms with Gasteiger partial charge in [0.2, 0.25) is 5.91 Å². The Balaban J connectivity index is 2.16. The monoisotopic (exact) mass is 307 g/mol. The molecule has 0 spiro atoms. The summed E-state index contributed by atoms with van der Waals surface area (Å²) in [5.41, 5.74) is 1.59. The average Bonchev–Trinajstić information content (AvgIpc) is 2.41. The van der Waals surface area contributed by atoms with E-state index in [0.717, 1.165) is 5.56 Å². The largest absolute Gasteiger partial charge is 0.361 e. The molecule has 0 saturated heterocycles. The number of hydrogen-bond donors (Lipinski definition) is 2. The number of nitrogens with zero attached hydrogens (tertiary/aromatic N) is 1. The molecule has 1 amide bonds. The lowest BCUT2D eigenvalue weighted by molar-refractivity contribution is -0.114. The summed E-state index contributed by atoms with van der Waals surface area (Å²) in [6.07, 6.45) is 1.38. The fourth-order valence-electron chi connectivity index (χ4n) is 1.90. The molecule has 6 heteroatoms. The number of hydrogen-bond acceptors (Lipinski definition) is 3. The zero-order chi connectivity index (χ0) is 15.4. The molecule has 0 bridgehead atoms. The maximum atomic E-state index is 13.7. The van der Waals surface area contributed by atoms with Gasteiger partial charge in [-0.25, -0.2) is 9.37 Å². The van der Waals surface area contributed by atoms with Crippen LogP contribution in [-0.2, 0) is 4.79 Å². The normalized spacial score (nSPS) is 11.8. The van der Waals surface area contributed by atoms with Crippen LogP contribution in [0.15, 0.2) is 36.5 Å². The van der Waals surface area contributed by atoms with Gasteiger partial charge in [0, 0.05) is 18.8 Å². The first-order chi connectivity index (χ1) is 9.95. The smallest absolute Gasteiger partial charge is 0.221 e. The molecule has 0 aliphatic heterocycles. The first kappa shape index (κ1) is 15.3. The van der Waals surface area contributed by atoms with Crippen LogP contribution in [-0.4, -0.2) is 10.9 Å². The van der Waals surface area contributed by atoms with E-state index in [0.29, 0.717) is 5.69 Å². The molecule has 1 atom stereocenters. The number of carbonyl (C=O) groups excluding carboxylic acids is 1. The van der Waals surface area contributed by atoms with E-state index in [4.69, 9.17) is 11.6 Å². The summed E-state index contributed by atoms with van der Waals surface area (Å²) in [6, 6.07) is 8.35. The Morgan fingerprint density at radius 3 is 2.81 bits per heavy atom. The van der Waals surface area contributed by atoms with E-state index < -0.39 is 5.82 Å². The highest BCUT2D eigenvalue weighted by molar-refractivity contribution is 6.30. The number of aromatic nitrogens is 1. The average molecular weight is 308 g/mol. The van der Waals surface area contributed by atoms with E-state index >= 15 is 0 Å². The zero-order valence-electron chi connectivity index (χ0n) is 11.7. The molecule has 0 aliphatic carbocycles. The Bertz CT molecular complexity index is 663. The molecule has 0 fully saturated rings. The topological polar surface area (TPSA) is 54.0 Å². The van der Waals surface area contributed by atoms with Crippen LogP contribution in [0.1, 0.15) is 25.5 Å². The number of amides is 1. The first-order valence-corrected chi connectivity index (χ1v) is 6.78. The van der Waals surface area contributed by atoms with Crippen LogP contribution < -0.4 is 10.6 Å². The van der Waals surface area contributed by atoms with Crippen molar-refractivity contribution in [2.24, 2.45) is 0 Å². The summed E-state index contributed by atoms with van der Waals surface area (Å²) in [6.45, 7) is 3.32. The van der Waals surface area contributed by atoms with Gasteiger partial charge in [0.15, 0.2) is 11.6 Å². The van der Waals surface area contributed by atoms with Crippen molar-refractivity contribution in [1.82, 2.24) is 4.98 Å². The lowest BCUT2D eigenvalue weighted by atomic mass is 10.1. The SMILES string of the molecule is CC(=O)Nc1cccc(C(C)Nc2ncc(Cl)cc2F)c1. The van der Waals surface area contributed by atoms with E-state index in [2.05, 4.69) is 15.6 Å². The zero-order valence-corrected chi connectivity index (χ0v) is 12.4. The first-order valence-electron chi connectivity index (χ1n) is 6.41. The third kappa shape index (κ3) is 4.16. The Hall–Kier alpha value is -2.14. The Kier molecular flexibility index (Phi) is 4.75. The summed E-state index contributed by atoms with van der Waals surface area (Å²) in [5, 5.41) is 5.93. The van der Waals surface area contributed by atoms with Gasteiger partial charge in [-0.1, -0.05) is 23.7 Å². The lowest BCUT2D eigenvalue weighted by Gasteiger charge is -2.16. The molecule has 2 N–H and O–H groups in total. The van der Waals surface area contributed by atoms with Crippen LogP contribution in [0, 0.1) is 5.82 Å². The summed E-state index contributed by atoms with van der Waals surface area (Å²) in [7, 11) is 0. The number of halogens is 2. The fourth-order valence-corrected chi connectivity index (χ4v) is 2.04. The molecule has 1 aromatic carbocycles. The highest BCUT2D eigenvalue weighted by Gasteiger charge is 2.11. The van der Waals surface area contributed by atoms with Gasteiger partial charge < -0.3 is 10.6 Å². The minimum absolute atomic E-state index is 0.136. The molecular weight excluding hydrogens is 293 g/mol. The minimum atomic E-state index is -0.507. The van der Waals surface area contributed by atoms with Gasteiger partial charge in [-0.2, -0.15) is 0 Å². The number of carbonyl (C=O) groups is 1. The quantitative estimate of drug-likeness (QED) is 0.897. The van der Waals surface area contributed by atoms with E-state index in [1.54, 1.807) is 6.07 Å². The summed E-state index contributed by atoms with van der Waals surface area (Å²) in [5.74, 6) is -0.512. The van der Waals surface area contributed by atoms with Crippen LogP contribution in [0.2, 0.25) is 5.02 Å². The molecular formula is C15H15ClFN3O. The van der Waals surface area contributed by atoms with Crippen molar-refractivity contribution in [3.8, 4) is 0 Å². The molecule has 1 unspecified atom stereocenters. The molecule has 1 heterocycles. The highest BCUT2D eigenvalue weighted by atomic mass is 35.5. The van der Waals surface area contributed by atoms with Crippen LogP contribution in [0.25, 0.3) is 0 Å². The third-order valence-electron chi connectivity index (χ3n) is 2.87. The Morgan fingerprint density at radius 2 is 2.14 bits per heavy atom. The number of anilines is 2. The number of benzene rings is 1. The van der Waals surface area contributed by atoms with Crippen molar-refractivity contribution in [2.45, 2.75) is 19.9 Å². The van der Waals surface area contributed by atoms with Gasteiger partial charge in [0.1, 0.15) is 0 Å². The van der Waals surface area contributed by atoms with Crippen molar-refractivity contribution < 1.29 is 9.18 Å². The van der Waals surface area contributed by atoms with Gasteiger partial charge in [-0.3, -0.25) is 4.79 Å². The third-order valence-corrected chi connectivity index (χ3v) is 3.07. The standard InChI is InChI=1S/C15H15ClFN3O/c1-9(19-15-14(17)7-12(16)8-18-15)11-4-3-5-13(6-11)20-10(2)21/h3-9H,1-2H3,(H,18,19)(H,20,21). The second-order valence-electron chi connectivity index (χ2n) is 4.66. The second kappa shape index (κ2) is 6.54. The predicted molar refractivity (Wildman–Crippen MR) is 82.0 cm³/mol. The van der Waals surface area contributed by atoms with Crippen molar-refractivity contribution in [3.63, 3.8) is 0 Å². The minimum Gasteiger partial charge on any atom is -0.361 e. The van der Waals surface area contributed by atoms with E-state index in [1.165, 1.54) is 19.2 Å². The van der Waals surface area contributed by atoms with Crippen molar-refractivity contribution in [2.75, 3.05) is 10.6 Å². The maximum absolute atomic E-state index is 13.7. The van der Waals surface area contributed by atoms with Crippen LogP contribution in [0.4, 0.5) is 15.9 Å². The summed E-state index contributed by atoms with van der Waals surface area (Å²) in [4.78, 5) is 15.0. The maximum Gasteiger partial charge on any atom is 0.221 e. The van der Waals surface area contributed by atoms with Crippen LogP contribution in [0.5, 0.6) is 0 Å². The van der Waals surface area contributed by atoms with Crippen LogP contribution >= 0.6 is 11.6 Å². The van der Waals surface area contributed by atoms with E-state index in [-0.39, 0.29) is 22.8 Å². The molecule has 2 rings (SSSR count). The molecule has 0 aliphatic rings. The molecule has 1 aromatic heterocycles. The number of pyridine rings is 1. The van der Waals surface area contributed by atoms with Crippen molar-refractivity contribution in [1.29, 1.82) is 0 Å². The Morgan fingerprint density at radius 1 is 1.38 bits per heavy atom. The van der Waals surface area contributed by atoms with Gasteiger partial charge in [0.25, 0.3) is 0 Å². The summed E-state index contributed by atoms with van der Waals surface area (Å²) >= 11 is 5.67. The fraction of sp³-hybridized carbons (Fsp3) is 0.200. The van der Waals surface area contributed by atoms with Crippen molar-refractivity contribution in [3.05, 3.63) is 52.9 Å². The number of nitrogens with one attached hydrogen (secondary N) is 2. The number of rotatable bonds is 4. The summed E-state index contributed by atoms with van der Waals surface area (Å²) < 4.78 is 13.7. The highest BCUT2D eigenvalue weighted by Crippen LogP contribution is 2.23. The molecule has 4 nitrogen and oxygen atoms in total. The lowest BCUT2D eigenvalue weighted by Crippen LogP contribution is -2.11. The molecule has 0 saturated carbocycles. The molecule has 110 valence electrons. The van der Waals surface area contributed by atoms with Crippen molar-refractivity contribution >= 4 is 29.0 Å². The van der Waals surface area contributed by atoms with E-state index in [9.17, 15) is 9.18 Å².